The van der Waals surface area contributed by atoms with E-state index in [-0.39, 0.29) is 11.9 Å². The van der Waals surface area contributed by atoms with Gasteiger partial charge in [-0.25, -0.2) is 0 Å². The highest BCUT2D eigenvalue weighted by atomic mass is 16.2. The second kappa shape index (κ2) is 6.44. The van der Waals surface area contributed by atoms with E-state index in [1.165, 1.54) is 6.42 Å². The number of rotatable bonds is 4. The molecule has 0 aromatic rings. The van der Waals surface area contributed by atoms with Gasteiger partial charge in [-0.15, -0.1) is 12.3 Å². The van der Waals surface area contributed by atoms with E-state index in [2.05, 4.69) is 16.6 Å². The van der Waals surface area contributed by atoms with Crippen LogP contribution in [-0.4, -0.2) is 25.0 Å². The van der Waals surface area contributed by atoms with E-state index in [0.29, 0.717) is 6.54 Å². The Morgan fingerprint density at radius 2 is 2.43 bits per heavy atom. The standard InChI is InChI=1S/C11H18N2O/c1-2-3-5-9-13-11(14)10-7-4-6-8-12-10/h1,10,12H,3-9H2,(H,13,14)/t10-/m0/s1. The lowest BCUT2D eigenvalue weighted by molar-refractivity contribution is -0.123. The summed E-state index contributed by atoms with van der Waals surface area (Å²) >= 11 is 0. The number of nitrogens with one attached hydrogen (secondary N) is 2. The van der Waals surface area contributed by atoms with Crippen molar-refractivity contribution in [3.63, 3.8) is 0 Å². The van der Waals surface area contributed by atoms with E-state index >= 15 is 0 Å². The van der Waals surface area contributed by atoms with Crippen LogP contribution in [0.15, 0.2) is 0 Å². The molecule has 1 fully saturated rings. The molecule has 3 nitrogen and oxygen atoms in total. The van der Waals surface area contributed by atoms with Crippen molar-refractivity contribution in [1.29, 1.82) is 0 Å². The minimum Gasteiger partial charge on any atom is -0.355 e. The number of hydrogen-bond acceptors (Lipinski definition) is 2. The fourth-order valence-corrected chi connectivity index (χ4v) is 1.60. The van der Waals surface area contributed by atoms with Gasteiger partial charge in [0.15, 0.2) is 0 Å². The van der Waals surface area contributed by atoms with Gasteiger partial charge in [0, 0.05) is 13.0 Å². The highest BCUT2D eigenvalue weighted by molar-refractivity contribution is 5.81. The number of unbranched alkanes of at least 4 members (excludes halogenated alkanes) is 1. The number of terminal acetylenes is 1. The van der Waals surface area contributed by atoms with Gasteiger partial charge >= 0.3 is 0 Å². The summed E-state index contributed by atoms with van der Waals surface area (Å²) in [5, 5.41) is 6.10. The van der Waals surface area contributed by atoms with Gasteiger partial charge in [-0.2, -0.15) is 0 Å². The van der Waals surface area contributed by atoms with Crippen LogP contribution in [0.1, 0.15) is 32.1 Å². The molecular formula is C11H18N2O. The highest BCUT2D eigenvalue weighted by Crippen LogP contribution is 2.06. The van der Waals surface area contributed by atoms with E-state index in [4.69, 9.17) is 6.42 Å². The minimum atomic E-state index is 0.0228. The molecule has 0 aromatic heterocycles. The molecule has 0 spiro atoms. The molecule has 3 heteroatoms. The van der Waals surface area contributed by atoms with E-state index in [0.717, 1.165) is 32.2 Å². The zero-order chi connectivity index (χ0) is 10.2. The summed E-state index contributed by atoms with van der Waals surface area (Å²) in [4.78, 5) is 11.5. The smallest absolute Gasteiger partial charge is 0.237 e. The van der Waals surface area contributed by atoms with E-state index in [1.54, 1.807) is 0 Å². The van der Waals surface area contributed by atoms with Gasteiger partial charge in [0.05, 0.1) is 6.04 Å². The molecule has 1 aliphatic heterocycles. The first-order valence-electron chi connectivity index (χ1n) is 5.29. The summed E-state index contributed by atoms with van der Waals surface area (Å²) in [7, 11) is 0. The Labute approximate surface area is 85.6 Å². The molecule has 0 bridgehead atoms. The van der Waals surface area contributed by atoms with E-state index in [1.807, 2.05) is 0 Å². The van der Waals surface area contributed by atoms with Crippen molar-refractivity contribution in [2.24, 2.45) is 0 Å². The summed E-state index contributed by atoms with van der Waals surface area (Å²) in [6, 6.07) is 0.0228. The molecule has 0 unspecified atom stereocenters. The predicted molar refractivity (Wildman–Crippen MR) is 56.7 cm³/mol. The van der Waals surface area contributed by atoms with E-state index in [9.17, 15) is 4.79 Å². The van der Waals surface area contributed by atoms with Crippen molar-refractivity contribution >= 4 is 5.91 Å². The van der Waals surface area contributed by atoms with Gasteiger partial charge in [0.25, 0.3) is 0 Å². The Bertz CT molecular complexity index is 214. The Balaban J connectivity index is 2.11. The molecule has 14 heavy (non-hydrogen) atoms. The number of amides is 1. The summed E-state index contributed by atoms with van der Waals surface area (Å²) in [6.45, 7) is 1.66. The third-order valence-electron chi connectivity index (χ3n) is 2.42. The zero-order valence-electron chi connectivity index (χ0n) is 8.51. The summed E-state index contributed by atoms with van der Waals surface area (Å²) < 4.78 is 0. The monoisotopic (exact) mass is 194 g/mol. The van der Waals surface area contributed by atoms with Crippen LogP contribution in [0.2, 0.25) is 0 Å². The largest absolute Gasteiger partial charge is 0.355 e. The molecule has 0 aromatic carbocycles. The second-order valence-electron chi connectivity index (χ2n) is 3.60. The molecule has 1 amide bonds. The lowest BCUT2D eigenvalue weighted by atomic mass is 10.0. The summed E-state index contributed by atoms with van der Waals surface area (Å²) in [5.41, 5.74) is 0. The molecular weight excluding hydrogens is 176 g/mol. The number of piperidine rings is 1. The summed E-state index contributed by atoms with van der Waals surface area (Å²) in [5.74, 6) is 2.68. The first kappa shape index (κ1) is 11.1. The number of carbonyl (C=O) groups is 1. The number of carbonyl (C=O) groups excluding carboxylic acids is 1. The molecule has 1 saturated heterocycles. The van der Waals surface area contributed by atoms with Crippen LogP contribution in [0.5, 0.6) is 0 Å². The first-order chi connectivity index (χ1) is 6.84. The third kappa shape index (κ3) is 3.80. The van der Waals surface area contributed by atoms with Gasteiger partial charge in [0.2, 0.25) is 5.91 Å². The quantitative estimate of drug-likeness (QED) is 0.510. The Kier molecular flexibility index (Phi) is 5.09. The predicted octanol–water partition coefficient (Wildman–Crippen LogP) is 0.658. The molecule has 1 rings (SSSR count). The average Bonchev–Trinajstić information content (AvgIpc) is 2.25. The fourth-order valence-electron chi connectivity index (χ4n) is 1.60. The maximum absolute atomic E-state index is 11.5. The average molecular weight is 194 g/mol. The van der Waals surface area contributed by atoms with Crippen LogP contribution in [0.25, 0.3) is 0 Å². The Hall–Kier alpha value is -1.01. The number of hydrogen-bond donors (Lipinski definition) is 2. The second-order valence-corrected chi connectivity index (χ2v) is 3.60. The molecule has 0 saturated carbocycles. The Morgan fingerprint density at radius 3 is 3.07 bits per heavy atom. The maximum atomic E-state index is 11.5. The lowest BCUT2D eigenvalue weighted by Gasteiger charge is -2.22. The van der Waals surface area contributed by atoms with E-state index < -0.39 is 0 Å². The van der Waals surface area contributed by atoms with Crippen molar-refractivity contribution < 1.29 is 4.79 Å². The fraction of sp³-hybridized carbons (Fsp3) is 0.727. The van der Waals surface area contributed by atoms with Crippen molar-refractivity contribution in [2.75, 3.05) is 13.1 Å². The first-order valence-corrected chi connectivity index (χ1v) is 5.29. The topological polar surface area (TPSA) is 41.1 Å². The minimum absolute atomic E-state index is 0.0228. The van der Waals surface area contributed by atoms with Crippen molar-refractivity contribution in [1.82, 2.24) is 10.6 Å². The van der Waals surface area contributed by atoms with Crippen molar-refractivity contribution in [3.8, 4) is 12.3 Å². The van der Waals surface area contributed by atoms with Crippen LogP contribution in [0.4, 0.5) is 0 Å². The lowest BCUT2D eigenvalue weighted by Crippen LogP contribution is -2.46. The molecule has 78 valence electrons. The third-order valence-corrected chi connectivity index (χ3v) is 2.42. The molecule has 2 N–H and O–H groups in total. The van der Waals surface area contributed by atoms with Crippen LogP contribution in [-0.2, 0) is 4.79 Å². The van der Waals surface area contributed by atoms with Crippen LogP contribution in [0.3, 0.4) is 0 Å². The van der Waals surface area contributed by atoms with Gasteiger partial charge in [-0.1, -0.05) is 6.42 Å². The van der Waals surface area contributed by atoms with Gasteiger partial charge in [0.1, 0.15) is 0 Å². The SMILES string of the molecule is C#CCCCNC(=O)[C@@H]1CCCCN1. The van der Waals surface area contributed by atoms with Gasteiger partial charge in [-0.05, 0) is 25.8 Å². The maximum Gasteiger partial charge on any atom is 0.237 e. The molecule has 1 aliphatic rings. The zero-order valence-corrected chi connectivity index (χ0v) is 8.51. The highest BCUT2D eigenvalue weighted by Gasteiger charge is 2.19. The molecule has 0 radical (unpaired) electrons. The van der Waals surface area contributed by atoms with Crippen LogP contribution in [0, 0.1) is 12.3 Å². The normalized spacial score (nSPS) is 21.2. The van der Waals surface area contributed by atoms with Gasteiger partial charge in [-0.3, -0.25) is 4.79 Å². The summed E-state index contributed by atoms with van der Waals surface area (Å²) in [6.07, 6.45) is 10.0. The van der Waals surface area contributed by atoms with Gasteiger partial charge < -0.3 is 10.6 Å². The van der Waals surface area contributed by atoms with Crippen LogP contribution >= 0.6 is 0 Å². The molecule has 1 heterocycles. The molecule has 1 atom stereocenters. The van der Waals surface area contributed by atoms with Crippen molar-refractivity contribution in [3.05, 3.63) is 0 Å². The molecule has 0 aliphatic carbocycles. The van der Waals surface area contributed by atoms with Crippen molar-refractivity contribution in [2.45, 2.75) is 38.1 Å². The van der Waals surface area contributed by atoms with Crippen LogP contribution < -0.4 is 10.6 Å². The Morgan fingerprint density at radius 1 is 1.57 bits per heavy atom.